The summed E-state index contributed by atoms with van der Waals surface area (Å²) in [6.07, 6.45) is -0.409. The maximum absolute atomic E-state index is 12.5. The minimum absolute atomic E-state index is 0.243. The molecule has 1 saturated carbocycles. The van der Waals surface area contributed by atoms with E-state index >= 15 is 0 Å². The number of benzene rings is 1. The molecule has 1 fully saturated rings. The van der Waals surface area contributed by atoms with Crippen molar-refractivity contribution in [2.75, 3.05) is 19.6 Å². The molecule has 1 aromatic carbocycles. The first kappa shape index (κ1) is 16.3. The lowest BCUT2D eigenvalue weighted by Crippen LogP contribution is -2.37. The summed E-state index contributed by atoms with van der Waals surface area (Å²) in [5.74, 6) is 0.768. The van der Waals surface area contributed by atoms with Crippen molar-refractivity contribution < 1.29 is 13.2 Å². The van der Waals surface area contributed by atoms with Gasteiger partial charge < -0.3 is 10.6 Å². The number of hydrogen-bond acceptors (Lipinski definition) is 2. The van der Waals surface area contributed by atoms with Crippen LogP contribution >= 0.6 is 0 Å². The summed E-state index contributed by atoms with van der Waals surface area (Å²) in [6.45, 7) is 4.76. The average molecular weight is 300 g/mol. The number of nitrogens with zero attached hydrogens (tertiary/aromatic N) is 1. The van der Waals surface area contributed by atoms with Gasteiger partial charge in [0.25, 0.3) is 0 Å². The Morgan fingerprint density at radius 2 is 1.86 bits per heavy atom. The van der Waals surface area contributed by atoms with Crippen LogP contribution in [0.25, 0.3) is 0 Å². The van der Waals surface area contributed by atoms with Crippen LogP contribution < -0.4 is 5.73 Å². The molecule has 0 heterocycles. The number of nitrogens with two attached hydrogens (primary N) is 1. The molecule has 0 saturated heterocycles. The van der Waals surface area contributed by atoms with E-state index in [0.29, 0.717) is 6.54 Å². The van der Waals surface area contributed by atoms with E-state index in [1.807, 2.05) is 0 Å². The molecule has 0 aliphatic heterocycles. The van der Waals surface area contributed by atoms with E-state index in [-0.39, 0.29) is 6.04 Å². The van der Waals surface area contributed by atoms with E-state index in [4.69, 9.17) is 5.73 Å². The van der Waals surface area contributed by atoms with Crippen LogP contribution in [0.3, 0.4) is 0 Å². The Balaban J connectivity index is 1.93. The summed E-state index contributed by atoms with van der Waals surface area (Å²) < 4.78 is 37.6. The topological polar surface area (TPSA) is 29.3 Å². The smallest absolute Gasteiger partial charge is 0.323 e. The van der Waals surface area contributed by atoms with Crippen molar-refractivity contribution in [3.63, 3.8) is 0 Å². The minimum atomic E-state index is -4.29. The van der Waals surface area contributed by atoms with Gasteiger partial charge in [0.1, 0.15) is 0 Å². The number of hydrogen-bond donors (Lipinski definition) is 1. The van der Waals surface area contributed by atoms with Crippen LogP contribution in [0, 0.1) is 5.92 Å². The highest BCUT2D eigenvalue weighted by atomic mass is 19.4. The Hall–Kier alpha value is -1.07. The third-order valence-corrected chi connectivity index (χ3v) is 4.31. The fourth-order valence-electron chi connectivity index (χ4n) is 2.68. The van der Waals surface area contributed by atoms with Crippen LogP contribution in [-0.4, -0.2) is 24.5 Å². The van der Waals surface area contributed by atoms with Gasteiger partial charge in [-0.25, -0.2) is 0 Å². The first-order valence-electron chi connectivity index (χ1n) is 7.55. The second-order valence-electron chi connectivity index (χ2n) is 5.88. The molecule has 1 atom stereocenters. The Labute approximate surface area is 124 Å². The monoisotopic (exact) mass is 300 g/mol. The molecule has 0 aromatic heterocycles. The molecule has 2 nitrogen and oxygen atoms in total. The summed E-state index contributed by atoms with van der Waals surface area (Å²) in [5, 5.41) is 0. The van der Waals surface area contributed by atoms with Gasteiger partial charge in [0.15, 0.2) is 0 Å². The minimum Gasteiger partial charge on any atom is -0.323 e. The number of likely N-dealkylation sites (N-methyl/N-ethyl adjacent to an activating group) is 1. The number of rotatable bonds is 6. The van der Waals surface area contributed by atoms with E-state index in [2.05, 4.69) is 11.8 Å². The molecule has 118 valence electrons. The SMILES string of the molecule is CCN(CC1CCC1)CC(N)c1ccc(C(F)(F)F)cc1. The molecular weight excluding hydrogens is 277 g/mol. The Kier molecular flexibility index (Phi) is 5.27. The zero-order valence-electron chi connectivity index (χ0n) is 12.4. The van der Waals surface area contributed by atoms with Crippen molar-refractivity contribution in [1.29, 1.82) is 0 Å². The molecule has 0 amide bonds. The van der Waals surface area contributed by atoms with Crippen molar-refractivity contribution in [3.8, 4) is 0 Å². The normalized spacial score (nSPS) is 17.8. The van der Waals surface area contributed by atoms with Gasteiger partial charge in [-0.1, -0.05) is 25.5 Å². The van der Waals surface area contributed by atoms with Gasteiger partial charge in [-0.2, -0.15) is 13.2 Å². The van der Waals surface area contributed by atoms with E-state index < -0.39 is 11.7 Å². The molecule has 1 aliphatic rings. The van der Waals surface area contributed by atoms with Crippen molar-refractivity contribution in [1.82, 2.24) is 4.90 Å². The zero-order chi connectivity index (χ0) is 15.5. The first-order valence-corrected chi connectivity index (χ1v) is 7.55. The molecule has 1 aromatic rings. The maximum atomic E-state index is 12.5. The van der Waals surface area contributed by atoms with Crippen molar-refractivity contribution in [2.45, 2.75) is 38.4 Å². The van der Waals surface area contributed by atoms with Gasteiger partial charge in [0.05, 0.1) is 5.56 Å². The Morgan fingerprint density at radius 1 is 1.24 bits per heavy atom. The Bertz CT molecular complexity index is 438. The van der Waals surface area contributed by atoms with Crippen molar-refractivity contribution in [3.05, 3.63) is 35.4 Å². The molecule has 0 spiro atoms. The summed E-state index contributed by atoms with van der Waals surface area (Å²) in [6, 6.07) is 4.96. The van der Waals surface area contributed by atoms with Gasteiger partial charge in [-0.15, -0.1) is 0 Å². The summed E-state index contributed by atoms with van der Waals surface area (Å²) in [4.78, 5) is 2.30. The van der Waals surface area contributed by atoms with E-state index in [1.165, 1.54) is 31.4 Å². The molecular formula is C16H23F3N2. The lowest BCUT2D eigenvalue weighted by Gasteiger charge is -2.33. The quantitative estimate of drug-likeness (QED) is 0.865. The fourth-order valence-corrected chi connectivity index (χ4v) is 2.68. The van der Waals surface area contributed by atoms with Crippen LogP contribution in [-0.2, 0) is 6.18 Å². The van der Waals surface area contributed by atoms with Crippen LogP contribution in [0.1, 0.15) is 43.4 Å². The van der Waals surface area contributed by atoms with Crippen LogP contribution in [0.5, 0.6) is 0 Å². The number of halogens is 3. The van der Waals surface area contributed by atoms with E-state index in [9.17, 15) is 13.2 Å². The highest BCUT2D eigenvalue weighted by Gasteiger charge is 2.30. The van der Waals surface area contributed by atoms with Crippen molar-refractivity contribution >= 4 is 0 Å². The highest BCUT2D eigenvalue weighted by molar-refractivity contribution is 5.26. The van der Waals surface area contributed by atoms with Gasteiger partial charge in [0, 0.05) is 19.1 Å². The molecule has 2 N–H and O–H groups in total. The zero-order valence-corrected chi connectivity index (χ0v) is 12.4. The van der Waals surface area contributed by atoms with E-state index in [0.717, 1.165) is 36.7 Å². The molecule has 0 radical (unpaired) electrons. The summed E-state index contributed by atoms with van der Waals surface area (Å²) >= 11 is 0. The third-order valence-electron chi connectivity index (χ3n) is 4.31. The molecule has 21 heavy (non-hydrogen) atoms. The molecule has 1 unspecified atom stereocenters. The summed E-state index contributed by atoms with van der Waals surface area (Å²) in [5.41, 5.74) is 6.28. The van der Waals surface area contributed by atoms with Crippen LogP contribution in [0.15, 0.2) is 24.3 Å². The van der Waals surface area contributed by atoms with Crippen molar-refractivity contribution in [2.24, 2.45) is 11.7 Å². The molecule has 5 heteroatoms. The second kappa shape index (κ2) is 6.79. The predicted molar refractivity (Wildman–Crippen MR) is 77.8 cm³/mol. The lowest BCUT2D eigenvalue weighted by molar-refractivity contribution is -0.137. The summed E-state index contributed by atoms with van der Waals surface area (Å²) in [7, 11) is 0. The molecule has 0 bridgehead atoms. The van der Waals surface area contributed by atoms with Gasteiger partial charge in [-0.3, -0.25) is 0 Å². The van der Waals surface area contributed by atoms with E-state index in [1.54, 1.807) is 0 Å². The van der Waals surface area contributed by atoms with Crippen LogP contribution in [0.4, 0.5) is 13.2 Å². The standard InChI is InChI=1S/C16H23F3N2/c1-2-21(10-12-4-3-5-12)11-15(20)13-6-8-14(9-7-13)16(17,18)19/h6-9,12,15H,2-5,10-11,20H2,1H3. The lowest BCUT2D eigenvalue weighted by atomic mass is 9.85. The highest BCUT2D eigenvalue weighted by Crippen LogP contribution is 2.30. The second-order valence-corrected chi connectivity index (χ2v) is 5.88. The first-order chi connectivity index (χ1) is 9.90. The number of alkyl halides is 3. The average Bonchev–Trinajstić information content (AvgIpc) is 2.40. The van der Waals surface area contributed by atoms with Gasteiger partial charge in [-0.05, 0) is 43.0 Å². The third kappa shape index (κ3) is 4.45. The predicted octanol–water partition coefficient (Wildman–Crippen LogP) is 3.83. The largest absolute Gasteiger partial charge is 0.416 e. The fraction of sp³-hybridized carbons (Fsp3) is 0.625. The van der Waals surface area contributed by atoms with Gasteiger partial charge in [0.2, 0.25) is 0 Å². The molecule has 1 aliphatic carbocycles. The van der Waals surface area contributed by atoms with Crippen LogP contribution in [0.2, 0.25) is 0 Å². The van der Waals surface area contributed by atoms with Gasteiger partial charge >= 0.3 is 6.18 Å². The maximum Gasteiger partial charge on any atom is 0.416 e. The Morgan fingerprint density at radius 3 is 2.29 bits per heavy atom. The molecule has 2 rings (SSSR count).